The van der Waals surface area contributed by atoms with E-state index in [0.29, 0.717) is 24.2 Å². The number of aromatic nitrogens is 2. The number of carbonyl (C=O) groups is 1. The minimum Gasteiger partial charge on any atom is -0.311 e. The molecule has 0 unspecified atom stereocenters. The molecule has 10 heteroatoms. The summed E-state index contributed by atoms with van der Waals surface area (Å²) in [6, 6.07) is 2.18. The third kappa shape index (κ3) is 3.90. The Morgan fingerprint density at radius 2 is 1.92 bits per heavy atom. The standard InChI is InChI=1S/C16H16F3N3O3S/c1-9-4-15(22(21-9)11-2-3-26(24,25)8-11)20-16(23)6-10-5-13(18)14(19)7-12(10)17/h4-5,7,11H,2-3,6,8H2,1H3,(H,20,23)/t11-/m1/s1. The summed E-state index contributed by atoms with van der Waals surface area (Å²) >= 11 is 0. The van der Waals surface area contributed by atoms with Gasteiger partial charge in [-0.05, 0) is 19.4 Å². The Morgan fingerprint density at radius 1 is 1.23 bits per heavy atom. The highest BCUT2D eigenvalue weighted by molar-refractivity contribution is 7.91. The molecule has 140 valence electrons. The smallest absolute Gasteiger partial charge is 0.230 e. The summed E-state index contributed by atoms with van der Waals surface area (Å²) in [4.78, 5) is 12.2. The Bertz CT molecular complexity index is 973. The Labute approximate surface area is 147 Å². The van der Waals surface area contributed by atoms with E-state index in [1.54, 1.807) is 13.0 Å². The van der Waals surface area contributed by atoms with Crippen LogP contribution in [0.3, 0.4) is 0 Å². The lowest BCUT2D eigenvalue weighted by Gasteiger charge is -2.14. The maximum Gasteiger partial charge on any atom is 0.230 e. The average molecular weight is 387 g/mol. The molecule has 1 fully saturated rings. The lowest BCUT2D eigenvalue weighted by molar-refractivity contribution is -0.115. The van der Waals surface area contributed by atoms with Gasteiger partial charge in [-0.3, -0.25) is 4.79 Å². The zero-order valence-corrected chi connectivity index (χ0v) is 14.6. The monoisotopic (exact) mass is 387 g/mol. The number of sulfone groups is 1. The Kier molecular flexibility index (Phi) is 4.78. The molecular formula is C16H16F3N3O3S. The van der Waals surface area contributed by atoms with E-state index in [2.05, 4.69) is 10.4 Å². The summed E-state index contributed by atoms with van der Waals surface area (Å²) in [5, 5.41) is 6.74. The van der Waals surface area contributed by atoms with Crippen molar-refractivity contribution in [2.24, 2.45) is 0 Å². The van der Waals surface area contributed by atoms with Crippen LogP contribution >= 0.6 is 0 Å². The van der Waals surface area contributed by atoms with Gasteiger partial charge < -0.3 is 5.32 Å². The Balaban J connectivity index is 1.77. The number of nitrogens with one attached hydrogen (secondary N) is 1. The van der Waals surface area contributed by atoms with Crippen LogP contribution in [0.2, 0.25) is 0 Å². The van der Waals surface area contributed by atoms with E-state index in [1.165, 1.54) is 4.68 Å². The zero-order valence-electron chi connectivity index (χ0n) is 13.8. The fourth-order valence-corrected chi connectivity index (χ4v) is 4.61. The van der Waals surface area contributed by atoms with Crippen molar-refractivity contribution in [2.75, 3.05) is 16.8 Å². The zero-order chi connectivity index (χ0) is 19.1. The fourth-order valence-electron chi connectivity index (χ4n) is 2.92. The predicted molar refractivity (Wildman–Crippen MR) is 87.9 cm³/mol. The number of hydrogen-bond donors (Lipinski definition) is 1. The molecule has 0 radical (unpaired) electrons. The first-order valence-electron chi connectivity index (χ1n) is 7.84. The van der Waals surface area contributed by atoms with Crippen molar-refractivity contribution >= 4 is 21.6 Å². The van der Waals surface area contributed by atoms with Gasteiger partial charge in [-0.25, -0.2) is 26.3 Å². The third-order valence-electron chi connectivity index (χ3n) is 4.12. The molecule has 1 saturated heterocycles. The minimum atomic E-state index is -3.14. The molecular weight excluding hydrogens is 371 g/mol. The van der Waals surface area contributed by atoms with Crippen molar-refractivity contribution < 1.29 is 26.4 Å². The predicted octanol–water partition coefficient (Wildman–Crippen LogP) is 2.15. The highest BCUT2D eigenvalue weighted by atomic mass is 32.2. The summed E-state index contributed by atoms with van der Waals surface area (Å²) in [6.45, 7) is 1.69. The summed E-state index contributed by atoms with van der Waals surface area (Å²) < 4.78 is 64.6. The quantitative estimate of drug-likeness (QED) is 0.816. The number of rotatable bonds is 4. The molecule has 2 heterocycles. The second-order valence-electron chi connectivity index (χ2n) is 6.26. The Hall–Kier alpha value is -2.36. The van der Waals surface area contributed by atoms with Crippen molar-refractivity contribution in [3.8, 4) is 0 Å². The molecule has 1 amide bonds. The van der Waals surface area contributed by atoms with Crippen molar-refractivity contribution in [1.29, 1.82) is 0 Å². The molecule has 0 spiro atoms. The molecule has 1 aliphatic heterocycles. The van der Waals surface area contributed by atoms with Crippen molar-refractivity contribution in [1.82, 2.24) is 9.78 Å². The topological polar surface area (TPSA) is 81.1 Å². The molecule has 6 nitrogen and oxygen atoms in total. The van der Waals surface area contributed by atoms with Crippen LogP contribution in [0.25, 0.3) is 0 Å². The second kappa shape index (κ2) is 6.75. The SMILES string of the molecule is Cc1cc(NC(=O)Cc2cc(F)c(F)cc2F)n([C@@H]2CCS(=O)(=O)C2)n1. The lowest BCUT2D eigenvalue weighted by atomic mass is 10.1. The van der Waals surface area contributed by atoms with Crippen LogP contribution in [0.1, 0.15) is 23.7 Å². The molecule has 0 bridgehead atoms. The number of anilines is 1. The maximum absolute atomic E-state index is 13.7. The molecule has 0 aliphatic carbocycles. The van der Waals surface area contributed by atoms with Gasteiger partial charge in [0.15, 0.2) is 21.5 Å². The number of halogens is 3. The van der Waals surface area contributed by atoms with Gasteiger partial charge >= 0.3 is 0 Å². The summed E-state index contributed by atoms with van der Waals surface area (Å²) in [7, 11) is -3.14. The summed E-state index contributed by atoms with van der Waals surface area (Å²) in [5.41, 5.74) is 0.288. The van der Waals surface area contributed by atoms with E-state index in [9.17, 15) is 26.4 Å². The summed E-state index contributed by atoms with van der Waals surface area (Å²) in [5.74, 6) is -4.01. The van der Waals surface area contributed by atoms with Gasteiger partial charge in [0, 0.05) is 17.7 Å². The van der Waals surface area contributed by atoms with Crippen LogP contribution in [0.5, 0.6) is 0 Å². The van der Waals surface area contributed by atoms with Crippen LogP contribution in [-0.2, 0) is 21.1 Å². The molecule has 1 aliphatic rings. The van der Waals surface area contributed by atoms with Crippen LogP contribution in [0, 0.1) is 24.4 Å². The highest BCUT2D eigenvalue weighted by Crippen LogP contribution is 2.27. The molecule has 2 aromatic rings. The van der Waals surface area contributed by atoms with E-state index in [0.717, 1.165) is 0 Å². The van der Waals surface area contributed by atoms with Gasteiger partial charge in [0.05, 0.1) is 29.7 Å². The number of benzene rings is 1. The van der Waals surface area contributed by atoms with Crippen LogP contribution < -0.4 is 5.32 Å². The van der Waals surface area contributed by atoms with E-state index in [-0.39, 0.29) is 22.9 Å². The largest absolute Gasteiger partial charge is 0.311 e. The van der Waals surface area contributed by atoms with Crippen LogP contribution in [0.4, 0.5) is 19.0 Å². The minimum absolute atomic E-state index is 0.0457. The fraction of sp³-hybridized carbons (Fsp3) is 0.375. The molecule has 26 heavy (non-hydrogen) atoms. The van der Waals surface area contributed by atoms with Crippen molar-refractivity contribution in [2.45, 2.75) is 25.8 Å². The number of aryl methyl sites for hydroxylation is 1. The van der Waals surface area contributed by atoms with E-state index < -0.39 is 45.7 Å². The van der Waals surface area contributed by atoms with Crippen LogP contribution in [-0.4, -0.2) is 35.6 Å². The third-order valence-corrected chi connectivity index (χ3v) is 5.87. The lowest BCUT2D eigenvalue weighted by Crippen LogP contribution is -2.21. The first kappa shape index (κ1) is 18.4. The summed E-state index contributed by atoms with van der Waals surface area (Å²) in [6.07, 6.45) is -0.125. The van der Waals surface area contributed by atoms with Gasteiger partial charge in [-0.1, -0.05) is 0 Å². The Morgan fingerprint density at radius 3 is 2.58 bits per heavy atom. The van der Waals surface area contributed by atoms with E-state index in [4.69, 9.17) is 0 Å². The van der Waals surface area contributed by atoms with Gasteiger partial charge in [0.2, 0.25) is 5.91 Å². The highest BCUT2D eigenvalue weighted by Gasteiger charge is 2.31. The van der Waals surface area contributed by atoms with Crippen molar-refractivity contribution in [3.05, 3.63) is 46.9 Å². The molecule has 0 saturated carbocycles. The van der Waals surface area contributed by atoms with E-state index >= 15 is 0 Å². The first-order chi connectivity index (χ1) is 12.1. The molecule has 1 aromatic carbocycles. The van der Waals surface area contributed by atoms with Crippen molar-refractivity contribution in [3.63, 3.8) is 0 Å². The maximum atomic E-state index is 13.7. The van der Waals surface area contributed by atoms with E-state index in [1.807, 2.05) is 0 Å². The average Bonchev–Trinajstić information content (AvgIpc) is 3.06. The van der Waals surface area contributed by atoms with Gasteiger partial charge in [0.1, 0.15) is 11.6 Å². The molecule has 3 rings (SSSR count). The van der Waals surface area contributed by atoms with Gasteiger partial charge in [-0.15, -0.1) is 0 Å². The second-order valence-corrected chi connectivity index (χ2v) is 8.48. The van der Waals surface area contributed by atoms with Gasteiger partial charge in [-0.2, -0.15) is 5.10 Å². The number of hydrogen-bond acceptors (Lipinski definition) is 4. The normalized spacial score (nSPS) is 18.8. The van der Waals surface area contributed by atoms with Crippen LogP contribution in [0.15, 0.2) is 18.2 Å². The number of nitrogens with zero attached hydrogens (tertiary/aromatic N) is 2. The molecule has 1 atom stereocenters. The first-order valence-corrected chi connectivity index (χ1v) is 9.66. The number of amides is 1. The number of carbonyl (C=O) groups excluding carboxylic acids is 1. The molecule has 1 N–H and O–H groups in total. The molecule has 1 aromatic heterocycles. The van der Waals surface area contributed by atoms with Gasteiger partial charge in [0.25, 0.3) is 0 Å².